The van der Waals surface area contributed by atoms with Crippen molar-refractivity contribution in [2.45, 2.75) is 13.5 Å². The van der Waals surface area contributed by atoms with Gasteiger partial charge in [0.15, 0.2) is 0 Å². The fraction of sp³-hybridized carbons (Fsp3) is 0.368. The summed E-state index contributed by atoms with van der Waals surface area (Å²) in [4.78, 5) is 28.1. The Balaban J connectivity index is 1.41. The molecular formula is C19H23ClN4O3. The van der Waals surface area contributed by atoms with Crippen LogP contribution in [0.1, 0.15) is 11.3 Å². The number of furan rings is 1. The molecule has 0 radical (unpaired) electrons. The summed E-state index contributed by atoms with van der Waals surface area (Å²) in [6.45, 7) is 5.59. The molecule has 3 amide bonds. The summed E-state index contributed by atoms with van der Waals surface area (Å²) in [6.07, 6.45) is 1.53. The lowest BCUT2D eigenvalue weighted by Crippen LogP contribution is -2.51. The molecule has 27 heavy (non-hydrogen) atoms. The molecule has 1 aliphatic heterocycles. The number of amides is 3. The van der Waals surface area contributed by atoms with Crippen molar-refractivity contribution in [2.24, 2.45) is 0 Å². The minimum Gasteiger partial charge on any atom is -0.467 e. The van der Waals surface area contributed by atoms with Crippen molar-refractivity contribution >= 4 is 29.2 Å². The molecule has 1 fully saturated rings. The monoisotopic (exact) mass is 390 g/mol. The van der Waals surface area contributed by atoms with Crippen LogP contribution >= 0.6 is 11.6 Å². The molecule has 7 nitrogen and oxygen atoms in total. The molecule has 0 saturated carbocycles. The molecule has 1 aromatic carbocycles. The molecule has 2 N–H and O–H groups in total. The van der Waals surface area contributed by atoms with E-state index in [1.165, 1.54) is 11.8 Å². The van der Waals surface area contributed by atoms with Gasteiger partial charge in [-0.1, -0.05) is 17.7 Å². The first-order valence-corrected chi connectivity index (χ1v) is 9.22. The van der Waals surface area contributed by atoms with Crippen LogP contribution in [0, 0.1) is 6.92 Å². The van der Waals surface area contributed by atoms with Gasteiger partial charge in [0.2, 0.25) is 5.91 Å². The maximum Gasteiger partial charge on any atom is 0.321 e. The Hall–Kier alpha value is -2.51. The molecule has 0 atom stereocenters. The second-order valence-electron chi connectivity index (χ2n) is 6.50. The Labute approximate surface area is 163 Å². The van der Waals surface area contributed by atoms with Gasteiger partial charge in [-0.05, 0) is 36.8 Å². The predicted octanol–water partition coefficient (Wildman–Crippen LogP) is 2.39. The minimum atomic E-state index is -0.524. The Morgan fingerprint density at radius 2 is 1.96 bits per heavy atom. The van der Waals surface area contributed by atoms with Crippen molar-refractivity contribution in [3.63, 3.8) is 0 Å². The van der Waals surface area contributed by atoms with E-state index in [0.29, 0.717) is 5.76 Å². The first-order valence-electron chi connectivity index (χ1n) is 8.85. The predicted molar refractivity (Wildman–Crippen MR) is 104 cm³/mol. The summed E-state index contributed by atoms with van der Waals surface area (Å²) < 4.78 is 5.12. The molecule has 144 valence electrons. The van der Waals surface area contributed by atoms with Gasteiger partial charge in [0.1, 0.15) is 5.76 Å². The smallest absolute Gasteiger partial charge is 0.321 e. The second kappa shape index (κ2) is 8.92. The number of nitrogens with one attached hydrogen (secondary N) is 2. The van der Waals surface area contributed by atoms with E-state index in [0.717, 1.165) is 36.9 Å². The third-order valence-corrected chi connectivity index (χ3v) is 4.74. The van der Waals surface area contributed by atoms with Crippen molar-refractivity contribution in [1.29, 1.82) is 0 Å². The number of imide groups is 1. The highest BCUT2D eigenvalue weighted by Gasteiger charge is 2.21. The van der Waals surface area contributed by atoms with Crippen molar-refractivity contribution in [2.75, 3.05) is 37.6 Å². The largest absolute Gasteiger partial charge is 0.467 e. The number of benzene rings is 1. The lowest BCUT2D eigenvalue weighted by atomic mass is 10.1. The molecule has 0 bridgehead atoms. The molecule has 0 spiro atoms. The van der Waals surface area contributed by atoms with E-state index < -0.39 is 6.03 Å². The molecular weight excluding hydrogens is 368 g/mol. The second-order valence-corrected chi connectivity index (χ2v) is 6.94. The van der Waals surface area contributed by atoms with E-state index >= 15 is 0 Å². The number of nitrogens with zero attached hydrogens (tertiary/aromatic N) is 2. The van der Waals surface area contributed by atoms with Gasteiger partial charge >= 0.3 is 6.03 Å². The van der Waals surface area contributed by atoms with Crippen LogP contribution in [-0.4, -0.2) is 49.6 Å². The van der Waals surface area contributed by atoms with Crippen molar-refractivity contribution in [3.05, 3.63) is 52.9 Å². The summed E-state index contributed by atoms with van der Waals surface area (Å²) >= 11 is 6.11. The van der Waals surface area contributed by atoms with E-state index in [2.05, 4.69) is 22.5 Å². The number of rotatable bonds is 5. The molecule has 1 aliphatic rings. The van der Waals surface area contributed by atoms with E-state index in [9.17, 15) is 9.59 Å². The van der Waals surface area contributed by atoms with Crippen molar-refractivity contribution < 1.29 is 14.0 Å². The fourth-order valence-corrected chi connectivity index (χ4v) is 3.23. The third-order valence-electron chi connectivity index (χ3n) is 4.51. The normalized spacial score (nSPS) is 14.8. The average Bonchev–Trinajstić information content (AvgIpc) is 3.16. The van der Waals surface area contributed by atoms with Crippen LogP contribution in [0.5, 0.6) is 0 Å². The fourth-order valence-electron chi connectivity index (χ4n) is 3.06. The van der Waals surface area contributed by atoms with E-state index in [4.69, 9.17) is 16.0 Å². The average molecular weight is 391 g/mol. The molecule has 0 unspecified atom stereocenters. The van der Waals surface area contributed by atoms with Gasteiger partial charge in [-0.2, -0.15) is 0 Å². The van der Waals surface area contributed by atoms with E-state index in [1.54, 1.807) is 12.1 Å². The number of anilines is 1. The lowest BCUT2D eigenvalue weighted by molar-refractivity contribution is -0.121. The summed E-state index contributed by atoms with van der Waals surface area (Å²) in [7, 11) is 0. The standard InChI is InChI=1S/C19H23ClN4O3/c1-14-4-5-15(20)11-17(14)24-8-6-23(7-9-24)13-18(25)22-19(26)21-12-16-3-2-10-27-16/h2-5,10-11H,6-9,12-13H2,1H3,(H2,21,22,25,26). The zero-order valence-corrected chi connectivity index (χ0v) is 16.0. The number of hydrogen-bond donors (Lipinski definition) is 2. The first kappa shape index (κ1) is 19.3. The number of aryl methyl sites for hydroxylation is 1. The Morgan fingerprint density at radius 1 is 1.19 bits per heavy atom. The molecule has 8 heteroatoms. The van der Waals surface area contributed by atoms with Gasteiger partial charge in [-0.15, -0.1) is 0 Å². The van der Waals surface area contributed by atoms with Gasteiger partial charge in [-0.25, -0.2) is 4.79 Å². The molecule has 2 aromatic rings. The SMILES string of the molecule is Cc1ccc(Cl)cc1N1CCN(CC(=O)NC(=O)NCc2ccco2)CC1. The van der Waals surface area contributed by atoms with Crippen LogP contribution in [0.3, 0.4) is 0 Å². The molecule has 1 saturated heterocycles. The molecule has 1 aromatic heterocycles. The number of carbonyl (C=O) groups is 2. The van der Waals surface area contributed by atoms with Gasteiger partial charge < -0.3 is 14.6 Å². The van der Waals surface area contributed by atoms with E-state index in [1.807, 2.05) is 23.1 Å². The number of piperazine rings is 1. The maximum atomic E-state index is 12.1. The van der Waals surface area contributed by atoms with Gasteiger partial charge in [0.05, 0.1) is 19.4 Å². The van der Waals surface area contributed by atoms with Crippen LogP contribution in [0.25, 0.3) is 0 Å². The molecule has 2 heterocycles. The summed E-state index contributed by atoms with van der Waals surface area (Å²) in [5, 5.41) is 5.66. The first-order chi connectivity index (χ1) is 13.0. The quantitative estimate of drug-likeness (QED) is 0.819. The van der Waals surface area contributed by atoms with Gasteiger partial charge in [0, 0.05) is 36.9 Å². The number of halogens is 1. The summed E-state index contributed by atoms with van der Waals surface area (Å²) in [5.74, 6) is 0.310. The van der Waals surface area contributed by atoms with Gasteiger partial charge in [0.25, 0.3) is 0 Å². The van der Waals surface area contributed by atoms with Crippen LogP contribution in [0.15, 0.2) is 41.0 Å². The Morgan fingerprint density at radius 3 is 2.67 bits per heavy atom. The van der Waals surface area contributed by atoms with Gasteiger partial charge in [-0.3, -0.25) is 15.0 Å². The van der Waals surface area contributed by atoms with Crippen LogP contribution in [0.4, 0.5) is 10.5 Å². The number of hydrogen-bond acceptors (Lipinski definition) is 5. The van der Waals surface area contributed by atoms with Crippen LogP contribution < -0.4 is 15.5 Å². The zero-order valence-electron chi connectivity index (χ0n) is 15.2. The summed E-state index contributed by atoms with van der Waals surface area (Å²) in [5.41, 5.74) is 2.31. The summed E-state index contributed by atoms with van der Waals surface area (Å²) in [6, 6.07) is 8.84. The van der Waals surface area contributed by atoms with Crippen molar-refractivity contribution in [3.8, 4) is 0 Å². The maximum absolute atomic E-state index is 12.1. The number of carbonyl (C=O) groups excluding carboxylic acids is 2. The topological polar surface area (TPSA) is 77.8 Å². The third kappa shape index (κ3) is 5.48. The van der Waals surface area contributed by atoms with Crippen LogP contribution in [0.2, 0.25) is 5.02 Å². The minimum absolute atomic E-state index is 0.191. The zero-order chi connectivity index (χ0) is 19.2. The van der Waals surface area contributed by atoms with Crippen LogP contribution in [-0.2, 0) is 11.3 Å². The molecule has 0 aliphatic carbocycles. The Kier molecular flexibility index (Phi) is 6.36. The number of urea groups is 1. The highest BCUT2D eigenvalue weighted by molar-refractivity contribution is 6.30. The molecule has 3 rings (SSSR count). The van der Waals surface area contributed by atoms with Crippen molar-refractivity contribution in [1.82, 2.24) is 15.5 Å². The Bertz CT molecular complexity index is 786. The highest BCUT2D eigenvalue weighted by atomic mass is 35.5. The lowest BCUT2D eigenvalue weighted by Gasteiger charge is -2.36. The highest BCUT2D eigenvalue weighted by Crippen LogP contribution is 2.25. The van der Waals surface area contributed by atoms with E-state index in [-0.39, 0.29) is 19.0 Å².